The highest BCUT2D eigenvalue weighted by Crippen LogP contribution is 2.43. The number of carbonyl (C=O) groups excluding carboxylic acids is 1. The van der Waals surface area contributed by atoms with Crippen LogP contribution < -0.4 is 25.0 Å². The number of hydrogen-bond acceptors (Lipinski definition) is 8. The summed E-state index contributed by atoms with van der Waals surface area (Å²) in [6.07, 6.45) is 1.78. The minimum atomic E-state index is -0.239. The van der Waals surface area contributed by atoms with Crippen molar-refractivity contribution < 1.29 is 28.4 Å². The van der Waals surface area contributed by atoms with Gasteiger partial charge in [0.2, 0.25) is 5.75 Å². The van der Waals surface area contributed by atoms with E-state index in [-0.39, 0.29) is 31.3 Å². The van der Waals surface area contributed by atoms with Crippen LogP contribution in [0.5, 0.6) is 17.2 Å². The third kappa shape index (κ3) is 4.96. The molecule has 2 N–H and O–H groups in total. The van der Waals surface area contributed by atoms with Crippen molar-refractivity contribution in [3.8, 4) is 39.7 Å². The summed E-state index contributed by atoms with van der Waals surface area (Å²) in [5.74, 6) is 1.73. The topological polar surface area (TPSA) is 109 Å². The number of hydroxylamine groups is 1. The van der Waals surface area contributed by atoms with E-state index in [0.29, 0.717) is 34.3 Å². The Kier molecular flexibility index (Phi) is 8.89. The van der Waals surface area contributed by atoms with Gasteiger partial charge in [0.25, 0.3) is 5.91 Å². The molecule has 172 valence electrons. The summed E-state index contributed by atoms with van der Waals surface area (Å²) in [6.45, 7) is 0.231. The molecule has 0 atom stereocenters. The van der Waals surface area contributed by atoms with Gasteiger partial charge in [-0.25, -0.2) is 0 Å². The van der Waals surface area contributed by atoms with Crippen LogP contribution in [0.3, 0.4) is 0 Å². The summed E-state index contributed by atoms with van der Waals surface area (Å²) in [4.78, 5) is 17.6. The number of benzene rings is 2. The number of amides is 1. The predicted octanol–water partition coefficient (Wildman–Crippen LogP) is 3.70. The maximum absolute atomic E-state index is 12.3. The van der Waals surface area contributed by atoms with E-state index >= 15 is 0 Å². The van der Waals surface area contributed by atoms with Crippen molar-refractivity contribution >= 4 is 24.0 Å². The van der Waals surface area contributed by atoms with E-state index in [4.69, 9.17) is 29.3 Å². The largest absolute Gasteiger partial charge is 0.493 e. The van der Waals surface area contributed by atoms with E-state index in [1.54, 1.807) is 45.7 Å². The third-order valence-electron chi connectivity index (χ3n) is 4.66. The highest BCUT2D eigenvalue weighted by Gasteiger charge is 2.21. The molecule has 9 nitrogen and oxygen atoms in total. The second-order valence-electron chi connectivity index (χ2n) is 6.44. The van der Waals surface area contributed by atoms with Gasteiger partial charge in [-0.15, -0.1) is 12.4 Å². The van der Waals surface area contributed by atoms with Crippen LogP contribution in [-0.2, 0) is 9.63 Å². The molecule has 0 bridgehead atoms. The number of nitrogens with two attached hydrogens (primary N) is 1. The smallest absolute Gasteiger partial charge is 0.252 e. The van der Waals surface area contributed by atoms with Crippen LogP contribution in [0.4, 0.5) is 5.69 Å². The summed E-state index contributed by atoms with van der Waals surface area (Å²) in [5.41, 5.74) is 8.26. The number of aromatic nitrogens is 1. The zero-order chi connectivity index (χ0) is 22.4. The van der Waals surface area contributed by atoms with Crippen LogP contribution in [0.2, 0.25) is 0 Å². The molecule has 0 unspecified atom stereocenters. The second kappa shape index (κ2) is 11.4. The van der Waals surface area contributed by atoms with Crippen LogP contribution in [-0.4, -0.2) is 46.0 Å². The Morgan fingerprint density at radius 2 is 1.72 bits per heavy atom. The fraction of sp³-hybridized carbons (Fsp3) is 0.273. The number of hydrogen-bond donors (Lipinski definition) is 1. The molecule has 1 heterocycles. The molecule has 0 aliphatic carbocycles. The molecule has 10 heteroatoms. The average molecular weight is 464 g/mol. The fourth-order valence-corrected chi connectivity index (χ4v) is 3.24. The molecular weight excluding hydrogens is 438 g/mol. The van der Waals surface area contributed by atoms with Crippen molar-refractivity contribution in [2.24, 2.45) is 5.73 Å². The molecule has 2 aromatic carbocycles. The van der Waals surface area contributed by atoms with E-state index < -0.39 is 0 Å². The van der Waals surface area contributed by atoms with Crippen LogP contribution in [0.15, 0.2) is 47.1 Å². The third-order valence-corrected chi connectivity index (χ3v) is 4.66. The lowest BCUT2D eigenvalue weighted by atomic mass is 10.0. The maximum atomic E-state index is 12.3. The molecule has 0 aliphatic rings. The number of anilines is 1. The first-order chi connectivity index (χ1) is 15.1. The molecule has 32 heavy (non-hydrogen) atoms. The Balaban J connectivity index is 0.00000363. The molecule has 3 aromatic rings. The number of ether oxygens (including phenoxy) is 3. The van der Waals surface area contributed by atoms with Gasteiger partial charge in [-0.05, 0) is 29.8 Å². The van der Waals surface area contributed by atoms with Crippen molar-refractivity contribution in [2.75, 3.05) is 40.0 Å². The molecule has 0 spiro atoms. The lowest BCUT2D eigenvalue weighted by Crippen LogP contribution is -2.31. The van der Waals surface area contributed by atoms with Gasteiger partial charge in [0.05, 0.1) is 40.3 Å². The Bertz CT molecular complexity index is 1030. The minimum Gasteiger partial charge on any atom is -0.493 e. The monoisotopic (exact) mass is 463 g/mol. The second-order valence-corrected chi connectivity index (χ2v) is 6.44. The van der Waals surface area contributed by atoms with E-state index in [2.05, 4.69) is 5.16 Å². The van der Waals surface area contributed by atoms with Gasteiger partial charge in [0, 0.05) is 24.1 Å². The SMILES string of the molecule is COc1cc(-c2oncc2-c2cccc(N(OC)C(=O)CCN)c2)cc(OC)c1OC.Cl. The van der Waals surface area contributed by atoms with Gasteiger partial charge in [-0.3, -0.25) is 9.63 Å². The van der Waals surface area contributed by atoms with Gasteiger partial charge in [-0.2, -0.15) is 5.06 Å². The molecule has 0 saturated heterocycles. The van der Waals surface area contributed by atoms with Gasteiger partial charge in [0.15, 0.2) is 17.3 Å². The summed E-state index contributed by atoms with van der Waals surface area (Å²) < 4.78 is 21.8. The van der Waals surface area contributed by atoms with Crippen molar-refractivity contribution in [1.82, 2.24) is 5.16 Å². The summed E-state index contributed by atoms with van der Waals surface area (Å²) >= 11 is 0. The van der Waals surface area contributed by atoms with Gasteiger partial charge in [0.1, 0.15) is 0 Å². The number of rotatable bonds is 9. The lowest BCUT2D eigenvalue weighted by Gasteiger charge is -2.20. The van der Waals surface area contributed by atoms with E-state index in [9.17, 15) is 4.79 Å². The predicted molar refractivity (Wildman–Crippen MR) is 122 cm³/mol. The average Bonchev–Trinajstić information content (AvgIpc) is 3.29. The summed E-state index contributed by atoms with van der Waals surface area (Å²) in [6, 6.07) is 10.8. The standard InChI is InChI=1S/C22H25N3O6.ClH/c1-27-18-11-15(12-19(28-2)22(18)29-3)21-17(13-24-31-21)14-6-5-7-16(10-14)25(30-4)20(26)8-9-23;/h5-7,10-13H,8-9,23H2,1-4H3;1H. The highest BCUT2D eigenvalue weighted by molar-refractivity contribution is 5.92. The molecule has 0 radical (unpaired) electrons. The van der Waals surface area contributed by atoms with Crippen molar-refractivity contribution in [3.05, 3.63) is 42.6 Å². The number of nitrogens with zero attached hydrogens (tertiary/aromatic N) is 2. The molecule has 1 aromatic heterocycles. The van der Waals surface area contributed by atoms with Crippen molar-refractivity contribution in [3.63, 3.8) is 0 Å². The van der Waals surface area contributed by atoms with Crippen molar-refractivity contribution in [2.45, 2.75) is 6.42 Å². The van der Waals surface area contributed by atoms with Crippen LogP contribution in [0.25, 0.3) is 22.5 Å². The molecule has 0 aliphatic heterocycles. The van der Waals surface area contributed by atoms with E-state index in [1.807, 2.05) is 18.2 Å². The zero-order valence-corrected chi connectivity index (χ0v) is 19.1. The first-order valence-electron chi connectivity index (χ1n) is 9.50. The van der Waals surface area contributed by atoms with Gasteiger partial charge >= 0.3 is 0 Å². The van der Waals surface area contributed by atoms with Crippen LogP contribution in [0.1, 0.15) is 6.42 Å². The minimum absolute atomic E-state index is 0. The van der Waals surface area contributed by atoms with Crippen molar-refractivity contribution in [1.29, 1.82) is 0 Å². The molecule has 1 amide bonds. The maximum Gasteiger partial charge on any atom is 0.252 e. The number of carbonyl (C=O) groups is 1. The highest BCUT2D eigenvalue weighted by atomic mass is 35.5. The molecule has 3 rings (SSSR count). The first kappa shape index (κ1) is 25.0. The quantitative estimate of drug-likeness (QED) is 0.478. The first-order valence-corrected chi connectivity index (χ1v) is 9.50. The Hall–Kier alpha value is -3.27. The lowest BCUT2D eigenvalue weighted by molar-refractivity contribution is -0.124. The van der Waals surface area contributed by atoms with Gasteiger partial charge in [-0.1, -0.05) is 17.3 Å². The Labute approximate surface area is 192 Å². The van der Waals surface area contributed by atoms with E-state index in [0.717, 1.165) is 11.1 Å². The molecule has 0 fully saturated rings. The van der Waals surface area contributed by atoms with E-state index in [1.165, 1.54) is 12.2 Å². The molecule has 0 saturated carbocycles. The zero-order valence-electron chi connectivity index (χ0n) is 18.3. The number of halogens is 1. The van der Waals surface area contributed by atoms with Gasteiger partial charge < -0.3 is 24.5 Å². The Morgan fingerprint density at radius 3 is 2.28 bits per heavy atom. The fourth-order valence-electron chi connectivity index (χ4n) is 3.24. The number of methoxy groups -OCH3 is 3. The summed E-state index contributed by atoms with van der Waals surface area (Å²) in [5, 5.41) is 5.18. The molecular formula is C22H26ClN3O6. The summed E-state index contributed by atoms with van der Waals surface area (Å²) in [7, 11) is 6.06. The van der Waals surface area contributed by atoms with Crippen LogP contribution in [0, 0.1) is 0 Å². The van der Waals surface area contributed by atoms with Crippen LogP contribution >= 0.6 is 12.4 Å². The normalized spacial score (nSPS) is 10.3. The Morgan fingerprint density at radius 1 is 1.03 bits per heavy atom.